The first-order chi connectivity index (χ1) is 2.41. The monoisotopic (exact) mass is 87.1 g/mol. The van der Waals surface area contributed by atoms with Crippen molar-refractivity contribution in [1.29, 1.82) is 0 Å². The van der Waals surface area contributed by atoms with E-state index in [2.05, 4.69) is 12.7 Å². The topological polar surface area (TPSA) is 0 Å². The van der Waals surface area contributed by atoms with E-state index in [-0.39, 0.29) is 1.43 Å². The molecule has 0 aliphatic rings. The van der Waals surface area contributed by atoms with Gasteiger partial charge in [-0.2, -0.15) is 0 Å². The van der Waals surface area contributed by atoms with Gasteiger partial charge in [-0.1, -0.05) is 13.3 Å². The largest absolute Gasteiger partial charge is 0.195 e. The molecular weight excluding hydrogens is 75.0 g/mol. The van der Waals surface area contributed by atoms with Gasteiger partial charge in [-0.05, 0) is 0 Å². The standard InChI is InChI=1S/C3H7.CH3.Al.H2/c1-3-2;;;/h1,3H2,2H3;1H3;;1H. The maximum absolute atomic E-state index is 2.30. The summed E-state index contributed by atoms with van der Waals surface area (Å²) in [6, 6.07) is 0. The molecular formula is C4H12Al. The van der Waals surface area contributed by atoms with Gasteiger partial charge >= 0.3 is 0 Å². The van der Waals surface area contributed by atoms with Crippen LogP contribution in [0.2, 0.25) is 11.1 Å². The van der Waals surface area contributed by atoms with Crippen LogP contribution in [0, 0.1) is 0 Å². The number of hydrogen-bond acceptors (Lipinski definition) is 0. The molecule has 0 aromatic heterocycles. The van der Waals surface area contributed by atoms with Crippen LogP contribution in [-0.2, 0) is 0 Å². The normalized spacial score (nSPS) is 7.60. The van der Waals surface area contributed by atoms with Gasteiger partial charge in [-0.15, -0.1) is 11.1 Å². The lowest BCUT2D eigenvalue weighted by Crippen LogP contribution is -1.73. The zero-order valence-electron chi connectivity index (χ0n) is 3.99. The molecule has 0 fully saturated rings. The summed E-state index contributed by atoms with van der Waals surface area (Å²) in [5.74, 6) is 2.30. The van der Waals surface area contributed by atoms with Crippen molar-refractivity contribution in [2.24, 2.45) is 0 Å². The number of rotatable bonds is 2. The highest BCUT2D eigenvalue weighted by molar-refractivity contribution is 6.33. The van der Waals surface area contributed by atoms with Crippen LogP contribution in [0.25, 0.3) is 0 Å². The van der Waals surface area contributed by atoms with Crippen LogP contribution in [0.5, 0.6) is 0 Å². The minimum atomic E-state index is 0. The average Bonchev–Trinajstić information content (AvgIpc) is 1.41. The van der Waals surface area contributed by atoms with E-state index in [4.69, 9.17) is 0 Å². The Balaban J connectivity index is 0. The molecule has 0 aliphatic carbocycles. The van der Waals surface area contributed by atoms with Gasteiger partial charge in [0.1, 0.15) is 0 Å². The van der Waals surface area contributed by atoms with Crippen molar-refractivity contribution in [3.63, 3.8) is 0 Å². The van der Waals surface area contributed by atoms with Gasteiger partial charge in [0.2, 0.25) is 0 Å². The molecule has 0 saturated carbocycles. The third-order valence-corrected chi connectivity index (χ3v) is 1.73. The Morgan fingerprint density at radius 1 is 1.80 bits per heavy atom. The number of hydrogen-bond donors (Lipinski definition) is 0. The Kier molecular flexibility index (Phi) is 5.02. The summed E-state index contributed by atoms with van der Waals surface area (Å²) in [4.78, 5) is 0. The Morgan fingerprint density at radius 2 is 2.40 bits per heavy atom. The van der Waals surface area contributed by atoms with Crippen LogP contribution in [0.1, 0.15) is 14.8 Å². The molecule has 0 unspecified atom stereocenters. The maximum atomic E-state index is 2.30. The lowest BCUT2D eigenvalue weighted by Gasteiger charge is -1.76. The van der Waals surface area contributed by atoms with Gasteiger partial charge < -0.3 is 0 Å². The SMILES string of the molecule is CC[CH2][Al][CH3].[HH]. The van der Waals surface area contributed by atoms with Crippen molar-refractivity contribution in [1.82, 2.24) is 0 Å². The first-order valence-corrected chi connectivity index (χ1v) is 4.16. The van der Waals surface area contributed by atoms with Crippen molar-refractivity contribution in [3.05, 3.63) is 0 Å². The highest BCUT2D eigenvalue weighted by atomic mass is 27.1. The summed E-state index contributed by atoms with van der Waals surface area (Å²) in [7, 11) is 0. The van der Waals surface area contributed by atoms with Crippen LogP contribution in [0.4, 0.5) is 0 Å². The molecule has 0 amide bonds. The average molecular weight is 87.1 g/mol. The Hall–Kier alpha value is 0.532. The molecule has 5 heavy (non-hydrogen) atoms. The van der Waals surface area contributed by atoms with Gasteiger partial charge in [0, 0.05) is 1.43 Å². The molecule has 0 aliphatic heterocycles. The second kappa shape index (κ2) is 4.53. The van der Waals surface area contributed by atoms with Crippen molar-refractivity contribution < 1.29 is 1.43 Å². The van der Waals surface area contributed by atoms with Crippen molar-refractivity contribution >= 4 is 15.2 Å². The fourth-order valence-electron chi connectivity index (χ4n) is 0.289. The quantitative estimate of drug-likeness (QED) is 0.450. The smallest absolute Gasteiger partial charge is 0.115 e. The van der Waals surface area contributed by atoms with E-state index in [1.54, 1.807) is 0 Å². The molecule has 0 aromatic rings. The summed E-state index contributed by atoms with van der Waals surface area (Å²) in [6.07, 6.45) is 1.38. The molecule has 0 aromatic carbocycles. The fourth-order valence-corrected chi connectivity index (χ4v) is 0.866. The lowest BCUT2D eigenvalue weighted by molar-refractivity contribution is 1.07. The van der Waals surface area contributed by atoms with Crippen molar-refractivity contribution in [2.45, 2.75) is 24.4 Å². The predicted molar refractivity (Wildman–Crippen MR) is 28.8 cm³/mol. The van der Waals surface area contributed by atoms with E-state index >= 15 is 0 Å². The molecule has 1 heteroatoms. The van der Waals surface area contributed by atoms with Crippen molar-refractivity contribution in [3.8, 4) is 0 Å². The third kappa shape index (κ3) is 4.53. The van der Waals surface area contributed by atoms with Crippen molar-refractivity contribution in [2.75, 3.05) is 0 Å². The lowest BCUT2D eigenvalue weighted by atomic mass is 10.6. The van der Waals surface area contributed by atoms with Gasteiger partial charge in [-0.3, -0.25) is 0 Å². The summed E-state index contributed by atoms with van der Waals surface area (Å²) in [5, 5.41) is 1.47. The zero-order valence-corrected chi connectivity index (χ0v) is 5.15. The summed E-state index contributed by atoms with van der Waals surface area (Å²) < 4.78 is 0. The predicted octanol–water partition coefficient (Wildman–Crippen LogP) is 1.81. The molecule has 0 atom stereocenters. The zero-order chi connectivity index (χ0) is 4.12. The first kappa shape index (κ1) is 5.53. The van der Waals surface area contributed by atoms with Crippen LogP contribution in [0.15, 0.2) is 0 Å². The highest BCUT2D eigenvalue weighted by Crippen LogP contribution is 1.81. The van der Waals surface area contributed by atoms with Gasteiger partial charge in [0.15, 0.2) is 15.2 Å². The van der Waals surface area contributed by atoms with Crippen LogP contribution >= 0.6 is 0 Å². The molecule has 0 saturated heterocycles. The molecule has 0 heterocycles. The van der Waals surface area contributed by atoms with Gasteiger partial charge in [-0.25, -0.2) is 0 Å². The summed E-state index contributed by atoms with van der Waals surface area (Å²) in [5.41, 5.74) is 0. The molecule has 0 spiro atoms. The minimum absolute atomic E-state index is 0. The van der Waals surface area contributed by atoms with E-state index in [1.807, 2.05) is 0 Å². The second-order valence-corrected chi connectivity index (χ2v) is 2.59. The minimum Gasteiger partial charge on any atom is -0.115 e. The van der Waals surface area contributed by atoms with E-state index in [1.165, 1.54) is 11.7 Å². The van der Waals surface area contributed by atoms with E-state index in [9.17, 15) is 0 Å². The van der Waals surface area contributed by atoms with E-state index in [0.717, 1.165) is 15.2 Å². The highest BCUT2D eigenvalue weighted by Gasteiger charge is 1.72. The fraction of sp³-hybridized carbons (Fsp3) is 1.00. The van der Waals surface area contributed by atoms with Crippen LogP contribution in [0.3, 0.4) is 0 Å². The Morgan fingerprint density at radius 3 is 2.40 bits per heavy atom. The Bertz CT molecular complexity index is 15.0. The van der Waals surface area contributed by atoms with Gasteiger partial charge in [0.05, 0.1) is 0 Å². The van der Waals surface area contributed by atoms with E-state index in [0.29, 0.717) is 0 Å². The van der Waals surface area contributed by atoms with Gasteiger partial charge in [0.25, 0.3) is 0 Å². The summed E-state index contributed by atoms with van der Waals surface area (Å²) >= 11 is 0.786. The van der Waals surface area contributed by atoms with Crippen LogP contribution < -0.4 is 0 Å². The molecule has 0 nitrogen and oxygen atoms in total. The van der Waals surface area contributed by atoms with E-state index < -0.39 is 0 Å². The van der Waals surface area contributed by atoms with Crippen LogP contribution in [-0.4, -0.2) is 15.2 Å². The molecule has 31 valence electrons. The third-order valence-electron chi connectivity index (χ3n) is 0.577. The second-order valence-electron chi connectivity index (χ2n) is 1.20. The summed E-state index contributed by atoms with van der Waals surface area (Å²) in [6.45, 7) is 2.23. The first-order valence-electron chi connectivity index (χ1n) is 2.19. The maximum Gasteiger partial charge on any atom is 0.195 e. The molecule has 0 N–H and O–H groups in total. The molecule has 0 rings (SSSR count). The molecule has 0 bridgehead atoms. The Labute approximate surface area is 41.8 Å². The molecule has 1 radical (unpaired) electrons.